The molecule has 1 aromatic heterocycles. The van der Waals surface area contributed by atoms with E-state index in [-0.39, 0.29) is 22.2 Å². The number of hydrogen-bond acceptors (Lipinski definition) is 3. The number of pyridine rings is 1. The molecule has 2 rings (SSSR count). The number of halogens is 6. The number of fused-ring (bicyclic) bond motifs is 1. The predicted octanol–water partition coefficient (Wildman–Crippen LogP) is 4.25. The minimum Gasteiger partial charge on any atom is -0.496 e. The number of rotatable bonds is 5. The second-order valence-electron chi connectivity index (χ2n) is 5.50. The van der Waals surface area contributed by atoms with Crippen molar-refractivity contribution < 1.29 is 35.9 Å². The standard InChI is InChI=1S/C16H14F6N2O2/c1-26-10-6-2-5-9-11(10)8(4-3-7-15(17,18)19)12(14(23)25)13(24-9)16(20,21)22/h2,5-6H,3-4,7H2,1H3,(H2,23,25). The van der Waals surface area contributed by atoms with E-state index in [1.807, 2.05) is 0 Å². The number of benzene rings is 1. The third-order valence-corrected chi connectivity index (χ3v) is 3.70. The van der Waals surface area contributed by atoms with Crippen molar-refractivity contribution in [2.45, 2.75) is 31.6 Å². The highest BCUT2D eigenvalue weighted by atomic mass is 19.4. The van der Waals surface area contributed by atoms with Gasteiger partial charge in [0.05, 0.1) is 18.2 Å². The number of aryl methyl sites for hydroxylation is 1. The lowest BCUT2D eigenvalue weighted by Crippen LogP contribution is -2.23. The Labute approximate surface area is 143 Å². The molecule has 1 heterocycles. The first-order valence-corrected chi connectivity index (χ1v) is 7.39. The number of amides is 1. The van der Waals surface area contributed by atoms with Gasteiger partial charge in [0.1, 0.15) is 5.75 Å². The molecule has 0 aliphatic rings. The number of hydrogen-bond donors (Lipinski definition) is 1. The molecular formula is C16H14F6N2O2. The zero-order chi connectivity index (χ0) is 19.7. The van der Waals surface area contributed by atoms with Gasteiger partial charge in [0.15, 0.2) is 5.69 Å². The number of ether oxygens (including phenoxy) is 1. The SMILES string of the molecule is COc1cccc2nc(C(F)(F)F)c(C(N)=O)c(CCCC(F)(F)F)c12. The molecule has 142 valence electrons. The van der Waals surface area contributed by atoms with Crippen molar-refractivity contribution in [2.75, 3.05) is 7.11 Å². The first-order valence-electron chi connectivity index (χ1n) is 7.39. The molecular weight excluding hydrogens is 366 g/mol. The smallest absolute Gasteiger partial charge is 0.434 e. The van der Waals surface area contributed by atoms with Crippen LogP contribution in [0.4, 0.5) is 26.3 Å². The number of nitrogens with two attached hydrogens (primary N) is 1. The average molecular weight is 380 g/mol. The summed E-state index contributed by atoms with van der Waals surface area (Å²) in [6.45, 7) is 0. The summed E-state index contributed by atoms with van der Waals surface area (Å²) in [6, 6.07) is 4.05. The fourth-order valence-electron chi connectivity index (χ4n) is 2.72. The van der Waals surface area contributed by atoms with E-state index in [1.165, 1.54) is 25.3 Å². The van der Waals surface area contributed by atoms with Gasteiger partial charge in [-0.2, -0.15) is 26.3 Å². The Morgan fingerprint density at radius 1 is 1.19 bits per heavy atom. The van der Waals surface area contributed by atoms with Gasteiger partial charge in [-0.05, 0) is 30.5 Å². The van der Waals surface area contributed by atoms with Crippen molar-refractivity contribution in [3.05, 3.63) is 35.0 Å². The van der Waals surface area contributed by atoms with E-state index in [0.29, 0.717) is 0 Å². The Balaban J connectivity index is 2.77. The van der Waals surface area contributed by atoms with Gasteiger partial charge < -0.3 is 10.5 Å². The van der Waals surface area contributed by atoms with Gasteiger partial charge in [0, 0.05) is 11.8 Å². The summed E-state index contributed by atoms with van der Waals surface area (Å²) in [6.07, 6.45) is -11.7. The number of carbonyl (C=O) groups is 1. The Kier molecular flexibility index (Phi) is 5.33. The van der Waals surface area contributed by atoms with Crippen LogP contribution >= 0.6 is 0 Å². The summed E-state index contributed by atoms with van der Waals surface area (Å²) in [4.78, 5) is 15.2. The topological polar surface area (TPSA) is 65.2 Å². The zero-order valence-electron chi connectivity index (χ0n) is 13.5. The summed E-state index contributed by atoms with van der Waals surface area (Å²) < 4.78 is 82.4. The molecule has 1 aromatic carbocycles. The summed E-state index contributed by atoms with van der Waals surface area (Å²) >= 11 is 0. The number of carbonyl (C=O) groups excluding carboxylic acids is 1. The molecule has 0 atom stereocenters. The quantitative estimate of drug-likeness (QED) is 0.789. The first kappa shape index (κ1) is 19.8. The van der Waals surface area contributed by atoms with Crippen molar-refractivity contribution in [2.24, 2.45) is 5.73 Å². The Morgan fingerprint density at radius 3 is 2.35 bits per heavy atom. The number of aromatic nitrogens is 1. The lowest BCUT2D eigenvalue weighted by Gasteiger charge is -2.18. The Morgan fingerprint density at radius 2 is 1.85 bits per heavy atom. The van der Waals surface area contributed by atoms with Crippen LogP contribution in [0.15, 0.2) is 18.2 Å². The van der Waals surface area contributed by atoms with Gasteiger partial charge in [0.25, 0.3) is 5.91 Å². The molecule has 2 aromatic rings. The maximum Gasteiger partial charge on any atom is 0.434 e. The van der Waals surface area contributed by atoms with Crippen LogP contribution in [0.25, 0.3) is 10.9 Å². The van der Waals surface area contributed by atoms with Gasteiger partial charge >= 0.3 is 12.4 Å². The van der Waals surface area contributed by atoms with E-state index >= 15 is 0 Å². The number of alkyl halides is 6. The third kappa shape index (κ3) is 4.17. The van der Waals surface area contributed by atoms with Crippen LogP contribution in [0.5, 0.6) is 5.75 Å². The molecule has 0 aliphatic heterocycles. The molecule has 0 bridgehead atoms. The minimum absolute atomic E-state index is 0.0407. The van der Waals surface area contributed by atoms with Crippen LogP contribution in [0, 0.1) is 0 Å². The number of primary amides is 1. The second-order valence-corrected chi connectivity index (χ2v) is 5.50. The second kappa shape index (κ2) is 7.00. The van der Waals surface area contributed by atoms with E-state index < -0.39 is 48.8 Å². The highest BCUT2D eigenvalue weighted by molar-refractivity contribution is 6.02. The fourth-order valence-corrected chi connectivity index (χ4v) is 2.72. The van der Waals surface area contributed by atoms with Gasteiger partial charge in [0.2, 0.25) is 0 Å². The minimum atomic E-state index is -5.00. The molecule has 10 heteroatoms. The van der Waals surface area contributed by atoms with Crippen molar-refractivity contribution in [3.8, 4) is 5.75 Å². The normalized spacial score (nSPS) is 12.4. The highest BCUT2D eigenvalue weighted by Crippen LogP contribution is 2.38. The van der Waals surface area contributed by atoms with Gasteiger partial charge in [-0.15, -0.1) is 0 Å². The van der Waals surface area contributed by atoms with E-state index in [0.717, 1.165) is 0 Å². The van der Waals surface area contributed by atoms with Crippen molar-refractivity contribution >= 4 is 16.8 Å². The fraction of sp³-hybridized carbons (Fsp3) is 0.375. The lowest BCUT2D eigenvalue weighted by molar-refractivity contribution is -0.141. The van der Waals surface area contributed by atoms with Crippen molar-refractivity contribution in [1.29, 1.82) is 0 Å². The number of methoxy groups -OCH3 is 1. The highest BCUT2D eigenvalue weighted by Gasteiger charge is 2.39. The van der Waals surface area contributed by atoms with Gasteiger partial charge in [-0.25, -0.2) is 4.98 Å². The van der Waals surface area contributed by atoms with Crippen LogP contribution in [0.3, 0.4) is 0 Å². The monoisotopic (exact) mass is 380 g/mol. The van der Waals surface area contributed by atoms with E-state index in [1.54, 1.807) is 0 Å². The van der Waals surface area contributed by atoms with E-state index in [9.17, 15) is 31.1 Å². The summed E-state index contributed by atoms with van der Waals surface area (Å²) in [5, 5.41) is 0.0407. The molecule has 0 spiro atoms. The summed E-state index contributed by atoms with van der Waals surface area (Å²) in [7, 11) is 1.25. The largest absolute Gasteiger partial charge is 0.496 e. The zero-order valence-corrected chi connectivity index (χ0v) is 13.5. The molecule has 0 saturated carbocycles. The van der Waals surface area contributed by atoms with Crippen LogP contribution in [0.2, 0.25) is 0 Å². The maximum atomic E-state index is 13.3. The van der Waals surface area contributed by atoms with Crippen LogP contribution in [0.1, 0.15) is 34.5 Å². The summed E-state index contributed by atoms with van der Waals surface area (Å²) in [5.74, 6) is -1.33. The van der Waals surface area contributed by atoms with Crippen molar-refractivity contribution in [1.82, 2.24) is 4.98 Å². The van der Waals surface area contributed by atoms with Gasteiger partial charge in [-0.1, -0.05) is 6.07 Å². The molecule has 0 fully saturated rings. The summed E-state index contributed by atoms with van der Waals surface area (Å²) in [5.41, 5.74) is 2.25. The predicted molar refractivity (Wildman–Crippen MR) is 80.8 cm³/mol. The molecule has 0 aliphatic carbocycles. The Bertz CT molecular complexity index is 830. The van der Waals surface area contributed by atoms with E-state index in [2.05, 4.69) is 4.98 Å². The molecule has 1 amide bonds. The molecule has 0 radical (unpaired) electrons. The lowest BCUT2D eigenvalue weighted by atomic mass is 9.94. The number of nitrogens with zero attached hydrogens (tertiary/aromatic N) is 1. The van der Waals surface area contributed by atoms with Gasteiger partial charge in [-0.3, -0.25) is 4.79 Å². The van der Waals surface area contributed by atoms with Crippen molar-refractivity contribution in [3.63, 3.8) is 0 Å². The maximum absolute atomic E-state index is 13.3. The molecule has 26 heavy (non-hydrogen) atoms. The molecule has 0 saturated heterocycles. The average Bonchev–Trinajstić information content (AvgIpc) is 2.51. The first-order chi connectivity index (χ1) is 12.0. The Hall–Kier alpha value is -2.52. The van der Waals surface area contributed by atoms with E-state index in [4.69, 9.17) is 10.5 Å². The van der Waals surface area contributed by atoms with Crippen LogP contribution in [-0.2, 0) is 12.6 Å². The molecule has 0 unspecified atom stereocenters. The van der Waals surface area contributed by atoms with Crippen LogP contribution < -0.4 is 10.5 Å². The molecule has 2 N–H and O–H groups in total. The third-order valence-electron chi connectivity index (χ3n) is 3.70. The molecule has 4 nitrogen and oxygen atoms in total. The van der Waals surface area contributed by atoms with Crippen LogP contribution in [-0.4, -0.2) is 24.2 Å².